The molecule has 0 spiro atoms. The maximum absolute atomic E-state index is 9.31. The van der Waals surface area contributed by atoms with Gasteiger partial charge in [0.1, 0.15) is 11.9 Å². The Morgan fingerprint density at radius 1 is 1.39 bits per heavy atom. The first-order valence-corrected chi connectivity index (χ1v) is 6.40. The van der Waals surface area contributed by atoms with Crippen molar-refractivity contribution in [1.29, 1.82) is 5.26 Å². The van der Waals surface area contributed by atoms with Crippen molar-refractivity contribution >= 4 is 16.7 Å². The van der Waals surface area contributed by atoms with Crippen molar-refractivity contribution in [3.8, 4) is 6.07 Å². The van der Waals surface area contributed by atoms with Crippen LogP contribution < -0.4 is 4.90 Å². The SMILES string of the molecule is CCN(c1nc2ccccc2cc1C#N)C1CC1. The Morgan fingerprint density at radius 2 is 2.17 bits per heavy atom. The molecular formula is C15H15N3. The molecule has 0 radical (unpaired) electrons. The minimum atomic E-state index is 0.579. The van der Waals surface area contributed by atoms with Crippen LogP contribution in [0, 0.1) is 11.3 Å². The lowest BCUT2D eigenvalue weighted by atomic mass is 10.1. The number of hydrogen-bond acceptors (Lipinski definition) is 3. The molecule has 2 aromatic rings. The van der Waals surface area contributed by atoms with E-state index in [1.54, 1.807) is 0 Å². The number of hydrogen-bond donors (Lipinski definition) is 0. The number of nitrogens with zero attached hydrogens (tertiary/aromatic N) is 3. The average molecular weight is 237 g/mol. The monoisotopic (exact) mass is 237 g/mol. The van der Waals surface area contributed by atoms with Gasteiger partial charge in [-0.25, -0.2) is 4.98 Å². The third-order valence-corrected chi connectivity index (χ3v) is 3.42. The predicted molar refractivity (Wildman–Crippen MR) is 72.5 cm³/mol. The first kappa shape index (κ1) is 11.0. The molecule has 18 heavy (non-hydrogen) atoms. The van der Waals surface area contributed by atoms with E-state index < -0.39 is 0 Å². The standard InChI is InChI=1S/C15H15N3/c1-2-18(13-7-8-13)15-12(10-16)9-11-5-3-4-6-14(11)17-15/h3-6,9,13H,2,7-8H2,1H3. The van der Waals surface area contributed by atoms with Crippen molar-refractivity contribution in [2.75, 3.05) is 11.4 Å². The van der Waals surface area contributed by atoms with Crippen molar-refractivity contribution in [2.24, 2.45) is 0 Å². The molecule has 3 heteroatoms. The second kappa shape index (κ2) is 4.30. The summed E-state index contributed by atoms with van der Waals surface area (Å²) in [6.45, 7) is 3.03. The van der Waals surface area contributed by atoms with Crippen LogP contribution in [0.15, 0.2) is 30.3 Å². The van der Waals surface area contributed by atoms with Crippen molar-refractivity contribution < 1.29 is 0 Å². The van der Waals surface area contributed by atoms with Gasteiger partial charge < -0.3 is 4.90 Å². The Bertz CT molecular complexity index is 623. The summed E-state index contributed by atoms with van der Waals surface area (Å²) in [6.07, 6.45) is 2.43. The summed E-state index contributed by atoms with van der Waals surface area (Å²) >= 11 is 0. The summed E-state index contributed by atoms with van der Waals surface area (Å²) < 4.78 is 0. The number of pyridine rings is 1. The van der Waals surface area contributed by atoms with E-state index in [4.69, 9.17) is 0 Å². The fourth-order valence-corrected chi connectivity index (χ4v) is 2.37. The molecule has 1 saturated carbocycles. The van der Waals surface area contributed by atoms with Crippen LogP contribution in [-0.2, 0) is 0 Å². The average Bonchev–Trinajstić information content (AvgIpc) is 3.23. The van der Waals surface area contributed by atoms with Gasteiger partial charge in [0.2, 0.25) is 0 Å². The van der Waals surface area contributed by atoms with Crippen LogP contribution in [-0.4, -0.2) is 17.6 Å². The maximum Gasteiger partial charge on any atom is 0.147 e. The molecule has 3 rings (SSSR count). The van der Waals surface area contributed by atoms with Crippen LogP contribution in [0.3, 0.4) is 0 Å². The highest BCUT2D eigenvalue weighted by Crippen LogP contribution is 2.33. The maximum atomic E-state index is 9.31. The van der Waals surface area contributed by atoms with E-state index >= 15 is 0 Å². The zero-order chi connectivity index (χ0) is 12.5. The Balaban J connectivity index is 2.17. The van der Waals surface area contributed by atoms with Crippen LogP contribution in [0.4, 0.5) is 5.82 Å². The molecule has 0 saturated heterocycles. The number of fused-ring (bicyclic) bond motifs is 1. The second-order valence-electron chi connectivity index (χ2n) is 4.68. The van der Waals surface area contributed by atoms with E-state index in [1.807, 2.05) is 30.3 Å². The largest absolute Gasteiger partial charge is 0.353 e. The third kappa shape index (κ3) is 1.80. The molecule has 1 fully saturated rings. The normalized spacial score (nSPS) is 14.4. The number of anilines is 1. The van der Waals surface area contributed by atoms with E-state index in [1.165, 1.54) is 12.8 Å². The van der Waals surface area contributed by atoms with Gasteiger partial charge in [-0.1, -0.05) is 18.2 Å². The van der Waals surface area contributed by atoms with Crippen LogP contribution >= 0.6 is 0 Å². The zero-order valence-electron chi connectivity index (χ0n) is 10.4. The zero-order valence-corrected chi connectivity index (χ0v) is 10.4. The van der Waals surface area contributed by atoms with E-state index in [0.29, 0.717) is 11.6 Å². The lowest BCUT2D eigenvalue weighted by Crippen LogP contribution is -2.27. The second-order valence-corrected chi connectivity index (χ2v) is 4.68. The van der Waals surface area contributed by atoms with Gasteiger partial charge in [-0.15, -0.1) is 0 Å². The molecular weight excluding hydrogens is 222 g/mol. The van der Waals surface area contributed by atoms with Crippen LogP contribution in [0.2, 0.25) is 0 Å². The first-order valence-electron chi connectivity index (χ1n) is 6.40. The van der Waals surface area contributed by atoms with E-state index in [0.717, 1.165) is 23.3 Å². The topological polar surface area (TPSA) is 39.9 Å². The molecule has 1 aliphatic rings. The van der Waals surface area contributed by atoms with Crippen LogP contribution in [0.25, 0.3) is 10.9 Å². The third-order valence-electron chi connectivity index (χ3n) is 3.42. The molecule has 0 atom stereocenters. The smallest absolute Gasteiger partial charge is 0.147 e. The molecule has 0 aliphatic heterocycles. The van der Waals surface area contributed by atoms with Gasteiger partial charge in [0.05, 0.1) is 11.1 Å². The summed E-state index contributed by atoms with van der Waals surface area (Å²) in [7, 11) is 0. The molecule has 0 bridgehead atoms. The van der Waals surface area contributed by atoms with E-state index in [2.05, 4.69) is 22.9 Å². The number of rotatable bonds is 3. The summed E-state index contributed by atoms with van der Waals surface area (Å²) in [4.78, 5) is 6.94. The minimum Gasteiger partial charge on any atom is -0.353 e. The molecule has 1 aromatic heterocycles. The fourth-order valence-electron chi connectivity index (χ4n) is 2.37. The molecule has 0 unspecified atom stereocenters. The van der Waals surface area contributed by atoms with Gasteiger partial charge in [0, 0.05) is 18.0 Å². The Hall–Kier alpha value is -2.08. The van der Waals surface area contributed by atoms with E-state index in [-0.39, 0.29) is 0 Å². The molecule has 90 valence electrons. The highest BCUT2D eigenvalue weighted by molar-refractivity contribution is 5.83. The summed E-state index contributed by atoms with van der Waals surface area (Å²) in [6, 6.07) is 12.8. The molecule has 0 N–H and O–H groups in total. The quantitative estimate of drug-likeness (QED) is 0.823. The Kier molecular flexibility index (Phi) is 2.64. The molecule has 1 aliphatic carbocycles. The van der Waals surface area contributed by atoms with Gasteiger partial charge in [0.15, 0.2) is 0 Å². The van der Waals surface area contributed by atoms with Crippen LogP contribution in [0.5, 0.6) is 0 Å². The van der Waals surface area contributed by atoms with Crippen molar-refractivity contribution in [1.82, 2.24) is 4.98 Å². The lowest BCUT2D eigenvalue weighted by molar-refractivity contribution is 0.810. The molecule has 1 heterocycles. The highest BCUT2D eigenvalue weighted by Gasteiger charge is 2.30. The van der Waals surface area contributed by atoms with Crippen molar-refractivity contribution in [3.05, 3.63) is 35.9 Å². The van der Waals surface area contributed by atoms with Gasteiger partial charge in [0.25, 0.3) is 0 Å². The fraction of sp³-hybridized carbons (Fsp3) is 0.333. The predicted octanol–water partition coefficient (Wildman–Crippen LogP) is 3.10. The summed E-state index contributed by atoms with van der Waals surface area (Å²) in [5, 5.41) is 10.3. The van der Waals surface area contributed by atoms with Crippen LogP contribution in [0.1, 0.15) is 25.3 Å². The Labute approximate surface area is 107 Å². The number of para-hydroxylation sites is 1. The first-order chi connectivity index (χ1) is 8.83. The molecule has 1 aromatic carbocycles. The number of benzene rings is 1. The lowest BCUT2D eigenvalue weighted by Gasteiger charge is -2.22. The van der Waals surface area contributed by atoms with Gasteiger partial charge in [-0.3, -0.25) is 0 Å². The molecule has 0 amide bonds. The highest BCUT2D eigenvalue weighted by atomic mass is 15.2. The molecule has 3 nitrogen and oxygen atoms in total. The minimum absolute atomic E-state index is 0.579. The van der Waals surface area contributed by atoms with E-state index in [9.17, 15) is 5.26 Å². The van der Waals surface area contributed by atoms with Gasteiger partial charge in [-0.2, -0.15) is 5.26 Å². The van der Waals surface area contributed by atoms with Gasteiger partial charge in [-0.05, 0) is 31.9 Å². The van der Waals surface area contributed by atoms with Crippen molar-refractivity contribution in [3.63, 3.8) is 0 Å². The number of aromatic nitrogens is 1. The summed E-state index contributed by atoms with van der Waals surface area (Å²) in [5.74, 6) is 0.848. The summed E-state index contributed by atoms with van der Waals surface area (Å²) in [5.41, 5.74) is 1.65. The van der Waals surface area contributed by atoms with Crippen molar-refractivity contribution in [2.45, 2.75) is 25.8 Å². The Morgan fingerprint density at radius 3 is 2.83 bits per heavy atom. The van der Waals surface area contributed by atoms with Gasteiger partial charge >= 0.3 is 0 Å². The number of nitriles is 1.